The Bertz CT molecular complexity index is 451. The van der Waals surface area contributed by atoms with Crippen molar-refractivity contribution in [1.29, 1.82) is 5.26 Å². The van der Waals surface area contributed by atoms with E-state index >= 15 is 0 Å². The lowest BCUT2D eigenvalue weighted by Crippen LogP contribution is -2.06. The molecule has 4 heteroatoms. The fraction of sp³-hybridized carbons (Fsp3) is 0.462. The molecule has 1 N–H and O–H groups in total. The van der Waals surface area contributed by atoms with E-state index in [0.717, 1.165) is 0 Å². The van der Waals surface area contributed by atoms with E-state index in [4.69, 9.17) is 5.26 Å². The number of nitrogens with zero attached hydrogens (tertiary/aromatic N) is 1. The first-order valence-corrected chi connectivity index (χ1v) is 7.30. The highest BCUT2D eigenvalue weighted by Gasteiger charge is 2.58. The van der Waals surface area contributed by atoms with Crippen LogP contribution in [0, 0.1) is 17.2 Å². The lowest BCUT2D eigenvalue weighted by molar-refractivity contribution is 0.478. The van der Waals surface area contributed by atoms with Crippen molar-refractivity contribution in [1.82, 2.24) is 0 Å². The molecule has 0 aromatic carbocycles. The summed E-state index contributed by atoms with van der Waals surface area (Å²) in [4.78, 5) is 9.94. The topological polar surface area (TPSA) is 61.1 Å². The number of nitriles is 1. The van der Waals surface area contributed by atoms with Gasteiger partial charge in [-0.25, -0.2) is 0 Å². The van der Waals surface area contributed by atoms with Crippen LogP contribution >= 0.6 is 7.37 Å². The minimum atomic E-state index is -3.62. The molecule has 0 aliphatic heterocycles. The maximum Gasteiger partial charge on any atom is 0.248 e. The fourth-order valence-corrected chi connectivity index (χ4v) is 3.12. The molecule has 0 spiro atoms. The van der Waals surface area contributed by atoms with E-state index in [9.17, 15) is 9.46 Å². The Labute approximate surface area is 103 Å². The largest absolute Gasteiger partial charge is 0.340 e. The monoisotopic (exact) mass is 251 g/mol. The van der Waals surface area contributed by atoms with Gasteiger partial charge in [0, 0.05) is 5.31 Å². The van der Waals surface area contributed by atoms with Gasteiger partial charge < -0.3 is 4.89 Å². The van der Waals surface area contributed by atoms with E-state index in [1.54, 1.807) is 6.08 Å². The Morgan fingerprint density at radius 3 is 2.53 bits per heavy atom. The van der Waals surface area contributed by atoms with Crippen molar-refractivity contribution < 1.29 is 9.46 Å². The molecule has 1 aliphatic rings. The molecule has 3 nitrogen and oxygen atoms in total. The summed E-state index contributed by atoms with van der Waals surface area (Å²) in [5, 5.41) is 8.02. The van der Waals surface area contributed by atoms with Crippen molar-refractivity contribution in [2.24, 2.45) is 5.92 Å². The van der Waals surface area contributed by atoms with Gasteiger partial charge in [-0.1, -0.05) is 38.7 Å². The van der Waals surface area contributed by atoms with Gasteiger partial charge in [0.05, 0.1) is 6.07 Å². The lowest BCUT2D eigenvalue weighted by Gasteiger charge is -2.15. The Kier molecular flexibility index (Phi) is 4.14. The van der Waals surface area contributed by atoms with Gasteiger partial charge in [0.25, 0.3) is 0 Å². The van der Waals surface area contributed by atoms with Gasteiger partial charge >= 0.3 is 0 Å². The van der Waals surface area contributed by atoms with Crippen LogP contribution in [0.1, 0.15) is 26.7 Å². The minimum Gasteiger partial charge on any atom is -0.340 e. The zero-order valence-electron chi connectivity index (χ0n) is 10.3. The molecular weight excluding hydrogens is 233 g/mol. The lowest BCUT2D eigenvalue weighted by atomic mass is 10.2. The molecule has 1 rings (SSSR count). The van der Waals surface area contributed by atoms with Crippen LogP contribution in [-0.4, -0.2) is 10.0 Å². The standard InChI is InChI=1S/C13H18NO2P/c1-11(2)6-4-5-7-12(3)17(15,16)13(10-14)8-9-13/h4-7,11H,3,8-9H2,1-2H3,(H,15,16)/b6-4?,7-5-. The molecule has 1 unspecified atom stereocenters. The molecule has 0 radical (unpaired) electrons. The Hall–Kier alpha value is -1.10. The van der Waals surface area contributed by atoms with Crippen LogP contribution in [-0.2, 0) is 4.57 Å². The van der Waals surface area contributed by atoms with Crippen molar-refractivity contribution in [3.05, 3.63) is 36.2 Å². The third kappa shape index (κ3) is 2.97. The maximum atomic E-state index is 12.1. The highest BCUT2D eigenvalue weighted by molar-refractivity contribution is 7.65. The smallest absolute Gasteiger partial charge is 0.248 e. The molecule has 17 heavy (non-hydrogen) atoms. The third-order valence-electron chi connectivity index (χ3n) is 2.80. The highest BCUT2D eigenvalue weighted by Crippen LogP contribution is 2.71. The normalized spacial score (nSPS) is 21.6. The molecule has 0 heterocycles. The zero-order valence-corrected chi connectivity index (χ0v) is 11.2. The molecule has 0 amide bonds. The molecule has 0 saturated heterocycles. The summed E-state index contributed by atoms with van der Waals surface area (Å²) in [5.41, 5.74) is 0. The SMILES string of the molecule is C=C(/C=C\C=CC(C)C)P(=O)(O)C1(C#N)CC1. The van der Waals surface area contributed by atoms with Crippen molar-refractivity contribution in [2.75, 3.05) is 0 Å². The second-order valence-electron chi connectivity index (χ2n) is 4.70. The minimum absolute atomic E-state index is 0.157. The summed E-state index contributed by atoms with van der Waals surface area (Å²) in [6.07, 6.45) is 8.00. The van der Waals surface area contributed by atoms with E-state index in [2.05, 4.69) is 6.58 Å². The van der Waals surface area contributed by atoms with Crippen LogP contribution in [0.2, 0.25) is 0 Å². The molecule has 1 aliphatic carbocycles. The predicted molar refractivity (Wildman–Crippen MR) is 69.7 cm³/mol. The molecule has 1 saturated carbocycles. The van der Waals surface area contributed by atoms with Crippen molar-refractivity contribution in [2.45, 2.75) is 31.8 Å². The third-order valence-corrected chi connectivity index (χ3v) is 5.43. The van der Waals surface area contributed by atoms with E-state index in [0.29, 0.717) is 18.8 Å². The van der Waals surface area contributed by atoms with E-state index in [1.807, 2.05) is 32.1 Å². The summed E-state index contributed by atoms with van der Waals surface area (Å²) >= 11 is 0. The van der Waals surface area contributed by atoms with E-state index in [1.165, 1.54) is 6.08 Å². The van der Waals surface area contributed by atoms with Crippen LogP contribution < -0.4 is 0 Å². The summed E-state index contributed by atoms with van der Waals surface area (Å²) in [7, 11) is -3.62. The van der Waals surface area contributed by atoms with Gasteiger partial charge in [-0.2, -0.15) is 5.26 Å². The van der Waals surface area contributed by atoms with Gasteiger partial charge in [-0.15, -0.1) is 0 Å². The summed E-state index contributed by atoms with van der Waals surface area (Å²) in [6.45, 7) is 7.71. The first-order chi connectivity index (χ1) is 7.85. The summed E-state index contributed by atoms with van der Waals surface area (Å²) in [5.74, 6) is 0.433. The van der Waals surface area contributed by atoms with Crippen molar-refractivity contribution in [3.63, 3.8) is 0 Å². The summed E-state index contributed by atoms with van der Waals surface area (Å²) in [6, 6.07) is 1.96. The molecule has 0 aromatic rings. The van der Waals surface area contributed by atoms with Gasteiger partial charge in [-0.05, 0) is 24.8 Å². The molecular formula is C13H18NO2P. The molecule has 0 aromatic heterocycles. The van der Waals surface area contributed by atoms with Gasteiger partial charge in [0.15, 0.2) is 0 Å². The average Bonchev–Trinajstić information content (AvgIpc) is 3.04. The van der Waals surface area contributed by atoms with Gasteiger partial charge in [0.2, 0.25) is 7.37 Å². The Morgan fingerprint density at radius 2 is 2.12 bits per heavy atom. The van der Waals surface area contributed by atoms with Crippen molar-refractivity contribution >= 4 is 7.37 Å². The van der Waals surface area contributed by atoms with E-state index < -0.39 is 12.5 Å². The first-order valence-electron chi connectivity index (χ1n) is 5.64. The quantitative estimate of drug-likeness (QED) is 0.600. The van der Waals surface area contributed by atoms with Crippen LogP contribution in [0.3, 0.4) is 0 Å². The predicted octanol–water partition coefficient (Wildman–Crippen LogP) is 3.60. The van der Waals surface area contributed by atoms with Crippen LogP contribution in [0.25, 0.3) is 0 Å². The summed E-state index contributed by atoms with van der Waals surface area (Å²) < 4.78 is 12.1. The van der Waals surface area contributed by atoms with Crippen LogP contribution in [0.15, 0.2) is 36.2 Å². The second kappa shape index (κ2) is 5.04. The first kappa shape index (κ1) is 14.0. The Balaban J connectivity index is 2.72. The fourth-order valence-electron chi connectivity index (χ4n) is 1.43. The molecule has 1 fully saturated rings. The molecule has 1 atom stereocenters. The average molecular weight is 251 g/mol. The highest BCUT2D eigenvalue weighted by atomic mass is 31.2. The number of hydrogen-bond donors (Lipinski definition) is 1. The second-order valence-corrected chi connectivity index (χ2v) is 7.28. The van der Waals surface area contributed by atoms with Gasteiger partial charge in [0.1, 0.15) is 5.16 Å². The molecule has 0 bridgehead atoms. The maximum absolute atomic E-state index is 12.1. The Morgan fingerprint density at radius 1 is 1.53 bits per heavy atom. The number of allylic oxidation sites excluding steroid dienone is 5. The van der Waals surface area contributed by atoms with Crippen molar-refractivity contribution in [3.8, 4) is 6.07 Å². The van der Waals surface area contributed by atoms with Crippen LogP contribution in [0.4, 0.5) is 0 Å². The van der Waals surface area contributed by atoms with E-state index in [-0.39, 0.29) is 5.31 Å². The zero-order chi connectivity index (χ0) is 13.1. The van der Waals surface area contributed by atoms with Crippen LogP contribution in [0.5, 0.6) is 0 Å². The number of hydrogen-bond acceptors (Lipinski definition) is 2. The molecule has 92 valence electrons. The number of rotatable bonds is 5. The van der Waals surface area contributed by atoms with Gasteiger partial charge in [-0.3, -0.25) is 4.57 Å².